The molecule has 4 atom stereocenters. The van der Waals surface area contributed by atoms with Gasteiger partial charge in [-0.05, 0) is 30.7 Å². The number of carbonyl (C=O) groups is 4. The van der Waals surface area contributed by atoms with Gasteiger partial charge in [-0.1, -0.05) is 0 Å². The summed E-state index contributed by atoms with van der Waals surface area (Å²) in [5.41, 5.74) is 6.87. The number of carboxylic acid groups (broad SMARTS) is 2. The van der Waals surface area contributed by atoms with Gasteiger partial charge in [0.05, 0.1) is 0 Å². The molecule has 188 valence electrons. The number of fused-ring (bicyclic) bond motifs is 1. The maximum Gasteiger partial charge on any atom is 0.328 e. The highest BCUT2D eigenvalue weighted by Crippen LogP contribution is 2.18. The van der Waals surface area contributed by atoms with Crippen molar-refractivity contribution >= 4 is 64.8 Å². The number of nitrogens with one attached hydrogen (secondary N) is 3. The van der Waals surface area contributed by atoms with Crippen molar-refractivity contribution in [1.29, 1.82) is 0 Å². The highest BCUT2D eigenvalue weighted by Gasteiger charge is 2.42. The minimum atomic E-state index is -1.26. The van der Waals surface area contributed by atoms with E-state index in [-0.39, 0.29) is 37.3 Å². The number of benzene rings is 1. The lowest BCUT2D eigenvalue weighted by atomic mass is 10.0. The number of guanidine groups is 1. The van der Waals surface area contributed by atoms with Crippen LogP contribution in [0.5, 0.6) is 0 Å². The van der Waals surface area contributed by atoms with Gasteiger partial charge in [0.1, 0.15) is 12.2 Å². The van der Waals surface area contributed by atoms with E-state index in [0.717, 1.165) is 5.69 Å². The molecule has 2 heterocycles. The Morgan fingerprint density at radius 2 is 2.09 bits per heavy atom. The second kappa shape index (κ2) is 11.8. The van der Waals surface area contributed by atoms with E-state index in [1.807, 2.05) is 0 Å². The van der Waals surface area contributed by atoms with Crippen LogP contribution in [0.1, 0.15) is 18.4 Å². The Morgan fingerprint density at radius 1 is 1.37 bits per heavy atom. The summed E-state index contributed by atoms with van der Waals surface area (Å²) in [6.07, 6.45) is -0.541. The van der Waals surface area contributed by atoms with Crippen LogP contribution in [0.2, 0.25) is 0 Å². The lowest BCUT2D eigenvalue weighted by molar-refractivity contribution is -0.139. The average molecular weight is 601 g/mol. The zero-order valence-electron chi connectivity index (χ0n) is 18.3. The summed E-state index contributed by atoms with van der Waals surface area (Å²) in [5.74, 6) is -2.71. The minimum Gasteiger partial charge on any atom is -0.481 e. The lowest BCUT2D eigenvalue weighted by Gasteiger charge is -2.43. The van der Waals surface area contributed by atoms with Crippen molar-refractivity contribution in [2.75, 3.05) is 18.4 Å². The maximum absolute atomic E-state index is 12.2. The van der Waals surface area contributed by atoms with E-state index in [1.165, 1.54) is 4.90 Å². The van der Waals surface area contributed by atoms with Gasteiger partial charge in [0.2, 0.25) is 12.3 Å². The molecule has 14 nitrogen and oxygen atoms in total. The Hall–Kier alpha value is -3.47. The maximum atomic E-state index is 12.2. The van der Waals surface area contributed by atoms with Crippen molar-refractivity contribution < 1.29 is 32.5 Å². The van der Waals surface area contributed by atoms with Crippen LogP contribution in [-0.2, 0) is 22.2 Å². The molecule has 2 aliphatic rings. The summed E-state index contributed by atoms with van der Waals surface area (Å²) >= 11 is 1.58. The van der Waals surface area contributed by atoms with Crippen LogP contribution in [-0.4, -0.2) is 88.6 Å². The first-order chi connectivity index (χ1) is 16.7. The van der Waals surface area contributed by atoms with Gasteiger partial charge in [0, 0.05) is 36.8 Å². The van der Waals surface area contributed by atoms with Crippen LogP contribution < -0.4 is 21.7 Å². The normalized spacial score (nSPS) is 22.8. The Morgan fingerprint density at radius 3 is 2.69 bits per heavy atom. The third-order valence-corrected chi connectivity index (χ3v) is 5.79. The van der Waals surface area contributed by atoms with E-state index in [2.05, 4.69) is 25.9 Å². The summed E-state index contributed by atoms with van der Waals surface area (Å²) in [5, 5.41) is 27.0. The van der Waals surface area contributed by atoms with Crippen molar-refractivity contribution in [1.82, 2.24) is 15.5 Å². The molecule has 0 spiro atoms. The molecule has 3 rings (SSSR count). The Labute approximate surface area is 213 Å². The molecule has 0 bridgehead atoms. The highest BCUT2D eigenvalue weighted by atomic mass is 127. The summed E-state index contributed by atoms with van der Waals surface area (Å²) in [4.78, 5) is 55.5. The van der Waals surface area contributed by atoms with Crippen molar-refractivity contribution in [3.8, 4) is 0 Å². The molecule has 2 aliphatic heterocycles. The number of piperazine rings is 1. The molecule has 1 aromatic rings. The Kier molecular flexibility index (Phi) is 8.80. The standard InChI is InChI=1S/C20H24IN7O7/c21-35-18(25-13(19(33)34)5-6-14(30)31)10-1-3-11(4-2-10)23-7-12-8-28(9-29)15-16(24-12)26-20(22)27-17(15)32/h1-4,9,12-13,15-16,23-24H,5-8H2,(H,30,31)(H,33,34)(H3,22,26,27,32). The molecule has 0 radical (unpaired) electrons. The first-order valence-electron chi connectivity index (χ1n) is 10.5. The fourth-order valence-electron chi connectivity index (χ4n) is 3.71. The van der Waals surface area contributed by atoms with Gasteiger partial charge in [0.25, 0.3) is 5.91 Å². The number of hydrogen-bond donors (Lipinski definition) is 6. The van der Waals surface area contributed by atoms with Gasteiger partial charge < -0.3 is 29.2 Å². The fraction of sp³-hybridized carbons (Fsp3) is 0.400. The second-order valence-electron chi connectivity index (χ2n) is 7.82. The smallest absolute Gasteiger partial charge is 0.328 e. The van der Waals surface area contributed by atoms with Crippen LogP contribution >= 0.6 is 23.0 Å². The monoisotopic (exact) mass is 601 g/mol. The molecule has 7 N–H and O–H groups in total. The number of carbonyl (C=O) groups excluding carboxylic acids is 2. The van der Waals surface area contributed by atoms with Crippen LogP contribution in [0.3, 0.4) is 0 Å². The number of amides is 2. The number of rotatable bonds is 10. The molecular weight excluding hydrogens is 577 g/mol. The largest absolute Gasteiger partial charge is 0.481 e. The number of anilines is 1. The van der Waals surface area contributed by atoms with Crippen molar-refractivity contribution in [3.05, 3.63) is 29.8 Å². The van der Waals surface area contributed by atoms with Crippen LogP contribution in [0.15, 0.2) is 34.3 Å². The lowest BCUT2D eigenvalue weighted by Crippen LogP contribution is -2.70. The molecule has 1 fully saturated rings. The van der Waals surface area contributed by atoms with Gasteiger partial charge in [-0.15, -0.1) is 0 Å². The number of aliphatic carboxylic acids is 2. The van der Waals surface area contributed by atoms with E-state index in [4.69, 9.17) is 13.9 Å². The van der Waals surface area contributed by atoms with Crippen molar-refractivity contribution in [3.63, 3.8) is 0 Å². The zero-order chi connectivity index (χ0) is 25.5. The molecule has 1 saturated heterocycles. The molecule has 0 saturated carbocycles. The summed E-state index contributed by atoms with van der Waals surface area (Å²) in [7, 11) is 0. The van der Waals surface area contributed by atoms with Crippen molar-refractivity contribution in [2.24, 2.45) is 15.7 Å². The van der Waals surface area contributed by atoms with E-state index >= 15 is 0 Å². The first-order valence-corrected chi connectivity index (χ1v) is 11.4. The van der Waals surface area contributed by atoms with E-state index < -0.39 is 36.1 Å². The minimum absolute atomic E-state index is 0.0122. The molecule has 35 heavy (non-hydrogen) atoms. The van der Waals surface area contributed by atoms with Crippen LogP contribution in [0.4, 0.5) is 5.69 Å². The summed E-state index contributed by atoms with van der Waals surface area (Å²) in [6, 6.07) is 4.58. The molecule has 15 heteroatoms. The molecule has 1 aromatic carbocycles. The molecule has 0 aliphatic carbocycles. The number of aliphatic imine (C=N–C) groups is 2. The number of nitrogens with two attached hydrogens (primary N) is 1. The third-order valence-electron chi connectivity index (χ3n) is 5.37. The molecule has 4 unspecified atom stereocenters. The van der Waals surface area contributed by atoms with E-state index in [1.54, 1.807) is 47.3 Å². The number of halogens is 1. The summed E-state index contributed by atoms with van der Waals surface area (Å²) < 4.78 is 5.20. The molecular formula is C20H24IN7O7. The summed E-state index contributed by atoms with van der Waals surface area (Å²) in [6.45, 7) is 0.689. The predicted octanol–water partition coefficient (Wildman–Crippen LogP) is -0.901. The van der Waals surface area contributed by atoms with E-state index in [0.29, 0.717) is 18.5 Å². The fourth-order valence-corrected chi connectivity index (χ4v) is 4.07. The quantitative estimate of drug-likeness (QED) is 0.0843. The average Bonchev–Trinajstić information content (AvgIpc) is 2.82. The second-order valence-corrected chi connectivity index (χ2v) is 8.26. The number of carboxylic acids is 2. The van der Waals surface area contributed by atoms with Gasteiger partial charge in [-0.3, -0.25) is 25.0 Å². The third kappa shape index (κ3) is 6.78. The van der Waals surface area contributed by atoms with Gasteiger partial charge in [-0.2, -0.15) is 0 Å². The Balaban J connectivity index is 1.64. The topological polar surface area (TPSA) is 208 Å². The van der Waals surface area contributed by atoms with Gasteiger partial charge >= 0.3 is 11.9 Å². The molecule has 0 aromatic heterocycles. The zero-order valence-corrected chi connectivity index (χ0v) is 20.4. The van der Waals surface area contributed by atoms with Gasteiger partial charge in [-0.25, -0.2) is 14.8 Å². The Bertz CT molecular complexity index is 1030. The number of hydrogen-bond acceptors (Lipinski definition) is 10. The van der Waals surface area contributed by atoms with Gasteiger partial charge in [0.15, 0.2) is 35.0 Å². The van der Waals surface area contributed by atoms with Crippen molar-refractivity contribution in [2.45, 2.75) is 37.1 Å². The molecule has 2 amide bonds. The van der Waals surface area contributed by atoms with Crippen LogP contribution in [0.25, 0.3) is 0 Å². The predicted molar refractivity (Wildman–Crippen MR) is 132 cm³/mol. The van der Waals surface area contributed by atoms with E-state index in [9.17, 15) is 24.3 Å². The first kappa shape index (κ1) is 26.1. The highest BCUT2D eigenvalue weighted by molar-refractivity contribution is 14.1. The van der Waals surface area contributed by atoms with Crippen LogP contribution in [0, 0.1) is 0 Å². The SMILES string of the molecule is NC1=NC2NC(CNc3ccc(C(=NC(CCC(=O)O)C(=O)O)OI)cc3)CN(C=O)C2C(=O)N1. The number of nitrogens with zero attached hydrogens (tertiary/aromatic N) is 3.